The molecule has 0 aliphatic carbocycles. The van der Waals surface area contributed by atoms with Gasteiger partial charge in [0.15, 0.2) is 11.7 Å². The van der Waals surface area contributed by atoms with Crippen molar-refractivity contribution in [2.24, 2.45) is 4.99 Å². The van der Waals surface area contributed by atoms with E-state index in [9.17, 15) is 13.2 Å². The van der Waals surface area contributed by atoms with Crippen LogP contribution in [0, 0.1) is 0 Å². The van der Waals surface area contributed by atoms with Crippen molar-refractivity contribution >= 4 is 28.6 Å². The van der Waals surface area contributed by atoms with Gasteiger partial charge < -0.3 is 10.6 Å². The normalized spacial score (nSPS) is 12.5. The standard InChI is InChI=1S/C14H18F3N5S2/c1-3-9-6-20-11(24-9)4-5-19-13(18-2)21-7-12-22-10(8-23-12)14(15,16)17/h6,8H,3-5,7H2,1-2H3,(H2,18,19,21). The number of thiazole rings is 2. The van der Waals surface area contributed by atoms with Crippen molar-refractivity contribution in [3.8, 4) is 0 Å². The van der Waals surface area contributed by atoms with E-state index < -0.39 is 11.9 Å². The van der Waals surface area contributed by atoms with Gasteiger partial charge in [0.2, 0.25) is 0 Å². The lowest BCUT2D eigenvalue weighted by molar-refractivity contribution is -0.140. The summed E-state index contributed by atoms with van der Waals surface area (Å²) in [5.74, 6) is 0.519. The molecular formula is C14H18F3N5S2. The molecule has 0 aliphatic heterocycles. The second-order valence-electron chi connectivity index (χ2n) is 4.80. The van der Waals surface area contributed by atoms with Crippen molar-refractivity contribution in [2.45, 2.75) is 32.5 Å². The zero-order valence-electron chi connectivity index (χ0n) is 13.3. The van der Waals surface area contributed by atoms with Crippen molar-refractivity contribution in [2.75, 3.05) is 13.6 Å². The second-order valence-corrected chi connectivity index (χ2v) is 6.94. The molecule has 0 unspecified atom stereocenters. The van der Waals surface area contributed by atoms with Gasteiger partial charge in [0.05, 0.1) is 11.6 Å². The van der Waals surface area contributed by atoms with Crippen LogP contribution in [0.3, 0.4) is 0 Å². The molecule has 0 radical (unpaired) electrons. The van der Waals surface area contributed by atoms with Gasteiger partial charge in [0.25, 0.3) is 0 Å². The highest BCUT2D eigenvalue weighted by molar-refractivity contribution is 7.11. The Hall–Kier alpha value is -1.68. The fourth-order valence-corrected chi connectivity index (χ4v) is 3.42. The average Bonchev–Trinajstić information content (AvgIpc) is 3.19. The minimum Gasteiger partial charge on any atom is -0.356 e. The minimum absolute atomic E-state index is 0.192. The number of halogens is 3. The zero-order chi connectivity index (χ0) is 17.6. The van der Waals surface area contributed by atoms with Crippen LogP contribution in [-0.4, -0.2) is 29.5 Å². The topological polar surface area (TPSA) is 62.2 Å². The molecule has 2 heterocycles. The monoisotopic (exact) mass is 377 g/mol. The van der Waals surface area contributed by atoms with Gasteiger partial charge in [-0.3, -0.25) is 4.99 Å². The SMILES string of the molecule is CCc1cnc(CCNC(=NC)NCc2nc(C(F)(F)F)cs2)s1. The Morgan fingerprint density at radius 1 is 1.29 bits per heavy atom. The summed E-state index contributed by atoms with van der Waals surface area (Å²) in [5, 5.41) is 8.49. The fraction of sp³-hybridized carbons (Fsp3) is 0.500. The predicted octanol–water partition coefficient (Wildman–Crippen LogP) is 3.09. The van der Waals surface area contributed by atoms with Crippen molar-refractivity contribution in [3.63, 3.8) is 0 Å². The van der Waals surface area contributed by atoms with Gasteiger partial charge in [-0.05, 0) is 6.42 Å². The lowest BCUT2D eigenvalue weighted by Gasteiger charge is -2.10. The number of rotatable bonds is 6. The zero-order valence-corrected chi connectivity index (χ0v) is 14.9. The molecule has 2 aromatic rings. The van der Waals surface area contributed by atoms with E-state index in [4.69, 9.17) is 0 Å². The molecule has 0 saturated heterocycles. The first-order valence-electron chi connectivity index (χ1n) is 7.32. The number of alkyl halides is 3. The maximum atomic E-state index is 12.5. The Morgan fingerprint density at radius 3 is 2.67 bits per heavy atom. The van der Waals surface area contributed by atoms with E-state index >= 15 is 0 Å². The van der Waals surface area contributed by atoms with E-state index in [1.165, 1.54) is 4.88 Å². The van der Waals surface area contributed by atoms with Crippen molar-refractivity contribution in [3.05, 3.63) is 32.2 Å². The summed E-state index contributed by atoms with van der Waals surface area (Å²) < 4.78 is 37.5. The number of hydrogen-bond donors (Lipinski definition) is 2. The summed E-state index contributed by atoms with van der Waals surface area (Å²) in [7, 11) is 1.61. The van der Waals surface area contributed by atoms with Crippen LogP contribution in [0.15, 0.2) is 16.6 Å². The van der Waals surface area contributed by atoms with Gasteiger partial charge in [0, 0.05) is 36.5 Å². The van der Waals surface area contributed by atoms with Crippen LogP contribution in [0.25, 0.3) is 0 Å². The largest absolute Gasteiger partial charge is 0.434 e. The number of aryl methyl sites for hydroxylation is 1. The average molecular weight is 377 g/mol. The quantitative estimate of drug-likeness (QED) is 0.600. The third-order valence-electron chi connectivity index (χ3n) is 3.05. The Balaban J connectivity index is 1.77. The second kappa shape index (κ2) is 8.43. The molecule has 2 N–H and O–H groups in total. The molecule has 0 amide bonds. The minimum atomic E-state index is -4.40. The van der Waals surface area contributed by atoms with Gasteiger partial charge in [-0.15, -0.1) is 22.7 Å². The highest BCUT2D eigenvalue weighted by Crippen LogP contribution is 2.29. The van der Waals surface area contributed by atoms with E-state index in [0.29, 0.717) is 17.5 Å². The number of nitrogens with one attached hydrogen (secondary N) is 2. The molecule has 2 rings (SSSR count). The van der Waals surface area contributed by atoms with E-state index in [0.717, 1.165) is 34.6 Å². The lowest BCUT2D eigenvalue weighted by Crippen LogP contribution is -2.37. The molecule has 0 atom stereocenters. The molecule has 0 spiro atoms. The molecular weight excluding hydrogens is 359 g/mol. The summed E-state index contributed by atoms with van der Waals surface area (Å²) in [5.41, 5.74) is -0.859. The summed E-state index contributed by atoms with van der Waals surface area (Å²) >= 11 is 2.65. The first kappa shape index (κ1) is 18.7. The molecule has 24 heavy (non-hydrogen) atoms. The molecule has 0 aromatic carbocycles. The van der Waals surface area contributed by atoms with Gasteiger partial charge in [-0.2, -0.15) is 13.2 Å². The molecule has 132 valence electrons. The Labute approximate surface area is 146 Å². The Bertz CT molecular complexity index is 678. The lowest BCUT2D eigenvalue weighted by atomic mass is 10.4. The number of aliphatic imine (C=N–C) groups is 1. The Kier molecular flexibility index (Phi) is 6.55. The van der Waals surface area contributed by atoms with Crippen LogP contribution in [0.5, 0.6) is 0 Å². The number of nitrogens with zero attached hydrogens (tertiary/aromatic N) is 3. The molecule has 5 nitrogen and oxygen atoms in total. The summed E-state index contributed by atoms with van der Waals surface area (Å²) in [4.78, 5) is 13.2. The first-order chi connectivity index (χ1) is 11.4. The van der Waals surface area contributed by atoms with Crippen molar-refractivity contribution in [1.29, 1.82) is 0 Å². The van der Waals surface area contributed by atoms with Crippen LogP contribution < -0.4 is 10.6 Å². The first-order valence-corrected chi connectivity index (χ1v) is 9.01. The van der Waals surface area contributed by atoms with Crippen molar-refractivity contribution in [1.82, 2.24) is 20.6 Å². The Morgan fingerprint density at radius 2 is 2.08 bits per heavy atom. The van der Waals surface area contributed by atoms with E-state index in [2.05, 4.69) is 32.5 Å². The maximum absolute atomic E-state index is 12.5. The number of hydrogen-bond acceptors (Lipinski definition) is 5. The summed E-state index contributed by atoms with van der Waals surface area (Å²) in [6, 6.07) is 0. The van der Waals surface area contributed by atoms with Gasteiger partial charge >= 0.3 is 6.18 Å². The summed E-state index contributed by atoms with van der Waals surface area (Å²) in [6.45, 7) is 2.92. The highest BCUT2D eigenvalue weighted by atomic mass is 32.1. The van der Waals surface area contributed by atoms with Gasteiger partial charge in [-0.1, -0.05) is 6.92 Å². The van der Waals surface area contributed by atoms with E-state index in [-0.39, 0.29) is 6.54 Å². The number of aromatic nitrogens is 2. The maximum Gasteiger partial charge on any atom is 0.434 e. The molecule has 0 bridgehead atoms. The van der Waals surface area contributed by atoms with Gasteiger partial charge in [-0.25, -0.2) is 9.97 Å². The smallest absolute Gasteiger partial charge is 0.356 e. The fourth-order valence-electron chi connectivity index (χ4n) is 1.82. The van der Waals surface area contributed by atoms with Crippen LogP contribution in [0.1, 0.15) is 27.5 Å². The molecule has 0 aliphatic rings. The molecule has 10 heteroatoms. The van der Waals surface area contributed by atoms with Crippen LogP contribution >= 0.6 is 22.7 Å². The molecule has 0 fully saturated rings. The number of guanidine groups is 1. The highest BCUT2D eigenvalue weighted by Gasteiger charge is 2.33. The van der Waals surface area contributed by atoms with E-state index in [1.807, 2.05) is 6.20 Å². The third kappa shape index (κ3) is 5.45. The van der Waals surface area contributed by atoms with Crippen LogP contribution in [-0.2, 0) is 25.6 Å². The summed E-state index contributed by atoms with van der Waals surface area (Å²) in [6.07, 6.45) is -0.781. The van der Waals surface area contributed by atoms with Crippen LogP contribution in [0.2, 0.25) is 0 Å². The van der Waals surface area contributed by atoms with Gasteiger partial charge in [0.1, 0.15) is 5.01 Å². The third-order valence-corrected chi connectivity index (χ3v) is 5.10. The molecule has 0 saturated carbocycles. The van der Waals surface area contributed by atoms with E-state index in [1.54, 1.807) is 18.4 Å². The predicted molar refractivity (Wildman–Crippen MR) is 90.5 cm³/mol. The van der Waals surface area contributed by atoms with Crippen molar-refractivity contribution < 1.29 is 13.2 Å². The van der Waals surface area contributed by atoms with Crippen LogP contribution in [0.4, 0.5) is 13.2 Å². The molecule has 2 aromatic heterocycles.